The van der Waals surface area contributed by atoms with E-state index >= 15 is 0 Å². The van der Waals surface area contributed by atoms with Gasteiger partial charge in [0.25, 0.3) is 0 Å². The molecule has 1 fully saturated rings. The van der Waals surface area contributed by atoms with Crippen LogP contribution in [0, 0.1) is 17.8 Å². The number of aromatic nitrogens is 1. The lowest BCUT2D eigenvalue weighted by molar-refractivity contribution is 0.444. The van der Waals surface area contributed by atoms with Crippen molar-refractivity contribution in [3.63, 3.8) is 0 Å². The molecule has 1 atom stereocenters. The summed E-state index contributed by atoms with van der Waals surface area (Å²) in [5.41, 5.74) is 15.1. The topological polar surface area (TPSA) is 4.93 Å². The zero-order valence-electron chi connectivity index (χ0n) is 29.9. The molecule has 248 valence electrons. The highest BCUT2D eigenvalue weighted by molar-refractivity contribution is 7.25. The number of nitrogens with zero attached hydrogens (tertiary/aromatic N) is 1. The molecule has 1 saturated carbocycles. The van der Waals surface area contributed by atoms with Crippen LogP contribution >= 0.6 is 11.3 Å². The first-order chi connectivity index (χ1) is 23.4. The van der Waals surface area contributed by atoms with Crippen LogP contribution in [-0.2, 0) is 19.3 Å². The van der Waals surface area contributed by atoms with Gasteiger partial charge in [0.1, 0.15) is 0 Å². The lowest BCUT2D eigenvalue weighted by Gasteiger charge is -2.36. The molecule has 0 saturated heterocycles. The van der Waals surface area contributed by atoms with E-state index in [9.17, 15) is 0 Å². The van der Waals surface area contributed by atoms with Crippen LogP contribution < -0.4 is 0 Å². The first-order valence-corrected chi connectivity index (χ1v) is 20.0. The van der Waals surface area contributed by atoms with Gasteiger partial charge in [-0.15, -0.1) is 11.3 Å². The largest absolute Gasteiger partial charge is 0.316 e. The molecule has 2 aromatic heterocycles. The van der Waals surface area contributed by atoms with E-state index < -0.39 is 0 Å². The molecule has 3 aliphatic carbocycles. The van der Waals surface area contributed by atoms with Crippen LogP contribution in [-0.4, -0.2) is 4.57 Å². The maximum absolute atomic E-state index is 2.83. The third kappa shape index (κ3) is 5.63. The molecular formula is C46H53NS. The van der Waals surface area contributed by atoms with Crippen molar-refractivity contribution >= 4 is 42.8 Å². The molecule has 0 N–H and O–H groups in total. The van der Waals surface area contributed by atoms with Crippen LogP contribution in [0.4, 0.5) is 0 Å². The van der Waals surface area contributed by atoms with E-state index in [2.05, 4.69) is 112 Å². The Morgan fingerprint density at radius 1 is 0.792 bits per heavy atom. The second-order valence-electron chi connectivity index (χ2n) is 15.7. The van der Waals surface area contributed by atoms with Crippen molar-refractivity contribution in [2.24, 2.45) is 17.8 Å². The summed E-state index contributed by atoms with van der Waals surface area (Å²) in [7, 11) is 0. The van der Waals surface area contributed by atoms with Gasteiger partial charge in [-0.2, -0.15) is 0 Å². The van der Waals surface area contributed by atoms with E-state index in [0.29, 0.717) is 17.8 Å². The summed E-state index contributed by atoms with van der Waals surface area (Å²) >= 11 is 1.99. The highest BCUT2D eigenvalue weighted by Gasteiger charge is 2.33. The van der Waals surface area contributed by atoms with Crippen LogP contribution in [0.3, 0.4) is 0 Å². The van der Waals surface area contributed by atoms with E-state index in [4.69, 9.17) is 0 Å². The van der Waals surface area contributed by atoms with Crippen LogP contribution in [0.5, 0.6) is 0 Å². The molecule has 3 aromatic carbocycles. The predicted molar refractivity (Wildman–Crippen MR) is 210 cm³/mol. The normalized spacial score (nSPS) is 19.1. The lowest BCUT2D eigenvalue weighted by atomic mass is 9.76. The Bertz CT molecular complexity index is 2020. The molecule has 3 aliphatic rings. The van der Waals surface area contributed by atoms with Gasteiger partial charge in [-0.25, -0.2) is 0 Å². The minimum Gasteiger partial charge on any atom is -0.316 e. The summed E-state index contributed by atoms with van der Waals surface area (Å²) in [5.74, 6) is 2.18. The minimum absolute atomic E-state index is 0.446. The Kier molecular flexibility index (Phi) is 8.74. The molecular weight excluding hydrogens is 599 g/mol. The summed E-state index contributed by atoms with van der Waals surface area (Å²) < 4.78 is 5.72. The average molecular weight is 652 g/mol. The standard InChI is InChI=1S/C46H53NS/c1-6-31-27-45-41(40-23-34(21-22-44(40)48-45)32-15-9-7-10-16-32)28-39(31)43-26-35-19-13-14-20-42(35)47(43)46-37(29(2)3)24-36(25-38(46)30(4)5)33-17-11-8-12-18-33/h8,11-12,17-18,21-24,26-30,32,38H,6-7,9-10,13-16,19-20,25H2,1-5H3. The van der Waals surface area contributed by atoms with Crippen molar-refractivity contribution in [2.45, 2.75) is 111 Å². The van der Waals surface area contributed by atoms with Crippen molar-refractivity contribution < 1.29 is 0 Å². The fraction of sp³-hybridized carbons (Fsp3) is 0.435. The molecule has 2 heteroatoms. The molecule has 2 heterocycles. The van der Waals surface area contributed by atoms with Gasteiger partial charge >= 0.3 is 0 Å². The Morgan fingerprint density at radius 3 is 2.31 bits per heavy atom. The van der Waals surface area contributed by atoms with E-state index in [1.54, 1.807) is 22.5 Å². The van der Waals surface area contributed by atoms with Crippen molar-refractivity contribution in [2.75, 3.05) is 0 Å². The first-order valence-electron chi connectivity index (χ1n) is 19.1. The number of thiophene rings is 1. The summed E-state index contributed by atoms with van der Waals surface area (Å²) in [5, 5.41) is 2.93. The molecule has 8 rings (SSSR count). The number of benzene rings is 3. The second kappa shape index (κ2) is 13.2. The van der Waals surface area contributed by atoms with Crippen molar-refractivity contribution in [3.8, 4) is 11.3 Å². The van der Waals surface area contributed by atoms with Gasteiger partial charge < -0.3 is 4.57 Å². The number of allylic oxidation sites excluding steroid dienone is 4. The maximum Gasteiger partial charge on any atom is 0.0534 e. The highest BCUT2D eigenvalue weighted by atomic mass is 32.1. The Hall–Kier alpha value is -3.36. The van der Waals surface area contributed by atoms with Crippen LogP contribution in [0.25, 0.3) is 42.7 Å². The van der Waals surface area contributed by atoms with E-state index in [1.807, 2.05) is 11.3 Å². The molecule has 0 bridgehead atoms. The Morgan fingerprint density at radius 2 is 1.56 bits per heavy atom. The predicted octanol–water partition coefficient (Wildman–Crippen LogP) is 13.6. The lowest BCUT2D eigenvalue weighted by Crippen LogP contribution is -2.24. The smallest absolute Gasteiger partial charge is 0.0534 e. The summed E-state index contributed by atoms with van der Waals surface area (Å²) in [6, 6.07) is 26.4. The monoisotopic (exact) mass is 651 g/mol. The van der Waals surface area contributed by atoms with Crippen molar-refractivity contribution in [1.82, 2.24) is 4.57 Å². The average Bonchev–Trinajstić information content (AvgIpc) is 3.68. The molecule has 0 aliphatic heterocycles. The third-order valence-corrected chi connectivity index (χ3v) is 13.1. The summed E-state index contributed by atoms with van der Waals surface area (Å²) in [4.78, 5) is 0. The molecule has 48 heavy (non-hydrogen) atoms. The van der Waals surface area contributed by atoms with Crippen molar-refractivity contribution in [3.05, 3.63) is 106 Å². The second-order valence-corrected chi connectivity index (χ2v) is 16.8. The summed E-state index contributed by atoms with van der Waals surface area (Å²) in [6.45, 7) is 12.1. The van der Waals surface area contributed by atoms with Crippen LogP contribution in [0.2, 0.25) is 0 Å². The molecule has 0 radical (unpaired) electrons. The summed E-state index contributed by atoms with van der Waals surface area (Å²) in [6.07, 6.45) is 16.6. The van der Waals surface area contributed by atoms with Gasteiger partial charge in [0.2, 0.25) is 0 Å². The third-order valence-electron chi connectivity index (χ3n) is 12.0. The number of aryl methyl sites for hydroxylation is 2. The van der Waals surface area contributed by atoms with Crippen LogP contribution in [0.1, 0.15) is 120 Å². The number of rotatable bonds is 7. The zero-order valence-corrected chi connectivity index (χ0v) is 30.7. The van der Waals surface area contributed by atoms with Gasteiger partial charge in [-0.3, -0.25) is 0 Å². The molecule has 0 spiro atoms. The van der Waals surface area contributed by atoms with E-state index in [-0.39, 0.29) is 0 Å². The Labute approximate surface area is 292 Å². The fourth-order valence-electron chi connectivity index (χ4n) is 9.31. The van der Waals surface area contributed by atoms with Crippen LogP contribution in [0.15, 0.2) is 78.4 Å². The SMILES string of the molecule is CCc1cc2sc3ccc(C4CCCCC4)cc3c2cc1-c1cc2c(n1C1=C(C(C)C)C=C(c3ccccc3)CC1C(C)C)CCCC2. The Balaban J connectivity index is 1.37. The highest BCUT2D eigenvalue weighted by Crippen LogP contribution is 2.48. The maximum atomic E-state index is 2.83. The molecule has 1 unspecified atom stereocenters. The zero-order chi connectivity index (χ0) is 32.9. The van der Waals surface area contributed by atoms with E-state index in [1.165, 1.54) is 111 Å². The first kappa shape index (κ1) is 31.9. The fourth-order valence-corrected chi connectivity index (χ4v) is 10.4. The van der Waals surface area contributed by atoms with Gasteiger partial charge in [-0.1, -0.05) is 96.4 Å². The van der Waals surface area contributed by atoms with Gasteiger partial charge in [0.05, 0.1) is 5.69 Å². The minimum atomic E-state index is 0.446. The van der Waals surface area contributed by atoms with Gasteiger partial charge in [0.15, 0.2) is 0 Å². The molecule has 0 amide bonds. The van der Waals surface area contributed by atoms with Gasteiger partial charge in [-0.05, 0) is 133 Å². The van der Waals surface area contributed by atoms with Gasteiger partial charge in [0, 0.05) is 43.0 Å². The number of hydrogen-bond donors (Lipinski definition) is 0. The quantitative estimate of drug-likeness (QED) is 0.165. The number of fused-ring (bicyclic) bond motifs is 4. The van der Waals surface area contributed by atoms with Crippen molar-refractivity contribution in [1.29, 1.82) is 0 Å². The van der Waals surface area contributed by atoms with E-state index in [0.717, 1.165) is 18.8 Å². The number of hydrogen-bond acceptors (Lipinski definition) is 1. The molecule has 1 nitrogen and oxygen atoms in total. The molecule has 5 aromatic rings.